The minimum atomic E-state index is -0.705. The predicted molar refractivity (Wildman–Crippen MR) is 77.5 cm³/mol. The molecule has 0 aliphatic rings. The van der Waals surface area contributed by atoms with Gasteiger partial charge < -0.3 is 10.5 Å². The summed E-state index contributed by atoms with van der Waals surface area (Å²) in [6.07, 6.45) is 1.49. The second-order valence-corrected chi connectivity index (χ2v) is 4.05. The van der Waals surface area contributed by atoms with E-state index in [1.165, 1.54) is 6.21 Å². The number of hydrogen-bond donors (Lipinski definition) is 2. The lowest BCUT2D eigenvalue weighted by Crippen LogP contribution is -2.24. The van der Waals surface area contributed by atoms with Crippen LogP contribution in [0, 0.1) is 0 Å². The van der Waals surface area contributed by atoms with Crippen molar-refractivity contribution in [3.05, 3.63) is 65.7 Å². The third-order valence-electron chi connectivity index (χ3n) is 2.53. The van der Waals surface area contributed by atoms with E-state index in [0.717, 1.165) is 11.1 Å². The van der Waals surface area contributed by atoms with Gasteiger partial charge in [-0.25, -0.2) is 10.2 Å². The fraction of sp³-hybridized carbons (Fsp3) is 0.0667. The van der Waals surface area contributed by atoms with Crippen molar-refractivity contribution in [3.63, 3.8) is 0 Å². The zero-order chi connectivity index (χ0) is 14.2. The number of nitrogens with one attached hydrogen (secondary N) is 1. The lowest BCUT2D eigenvalue weighted by molar-refractivity contribution is 0.249. The average molecular weight is 269 g/mol. The van der Waals surface area contributed by atoms with Crippen LogP contribution in [0.5, 0.6) is 5.75 Å². The van der Waals surface area contributed by atoms with Crippen LogP contribution in [-0.2, 0) is 6.61 Å². The molecule has 0 radical (unpaired) electrons. The summed E-state index contributed by atoms with van der Waals surface area (Å²) >= 11 is 0. The maximum absolute atomic E-state index is 10.6. The van der Waals surface area contributed by atoms with Gasteiger partial charge in [0.2, 0.25) is 0 Å². The molecule has 0 spiro atoms. The summed E-state index contributed by atoms with van der Waals surface area (Å²) in [6.45, 7) is 0.467. The zero-order valence-corrected chi connectivity index (χ0v) is 10.8. The van der Waals surface area contributed by atoms with Crippen LogP contribution < -0.4 is 15.9 Å². The Morgan fingerprint density at radius 3 is 2.60 bits per heavy atom. The van der Waals surface area contributed by atoms with E-state index in [1.54, 1.807) is 0 Å². The maximum atomic E-state index is 10.6. The molecule has 0 fully saturated rings. The number of urea groups is 1. The van der Waals surface area contributed by atoms with Gasteiger partial charge in [-0.1, -0.05) is 42.5 Å². The van der Waals surface area contributed by atoms with Gasteiger partial charge in [0.1, 0.15) is 12.4 Å². The number of amides is 2. The van der Waals surface area contributed by atoms with Crippen LogP contribution >= 0.6 is 0 Å². The standard InChI is InChI=1S/C15H15N3O2/c16-15(19)18-17-10-13-8-4-5-9-14(13)20-11-12-6-2-1-3-7-12/h1-10H,11H2,(H3,16,18,19)/b17-10-. The Morgan fingerprint density at radius 1 is 1.15 bits per heavy atom. The first kappa shape index (κ1) is 13.6. The van der Waals surface area contributed by atoms with Gasteiger partial charge in [-0.3, -0.25) is 0 Å². The molecule has 20 heavy (non-hydrogen) atoms. The van der Waals surface area contributed by atoms with Crippen molar-refractivity contribution in [2.75, 3.05) is 0 Å². The van der Waals surface area contributed by atoms with Crippen molar-refractivity contribution in [1.29, 1.82) is 0 Å². The Bertz CT molecular complexity index is 597. The highest BCUT2D eigenvalue weighted by molar-refractivity contribution is 5.84. The molecule has 0 aromatic heterocycles. The monoisotopic (exact) mass is 269 g/mol. The molecule has 5 nitrogen and oxygen atoms in total. The van der Waals surface area contributed by atoms with Crippen LogP contribution in [0.15, 0.2) is 59.7 Å². The summed E-state index contributed by atoms with van der Waals surface area (Å²) in [6, 6.07) is 16.6. The fourth-order valence-electron chi connectivity index (χ4n) is 1.62. The summed E-state index contributed by atoms with van der Waals surface area (Å²) in [5.74, 6) is 0.686. The first-order chi connectivity index (χ1) is 9.75. The molecule has 0 aliphatic carbocycles. The molecular weight excluding hydrogens is 254 g/mol. The molecule has 3 N–H and O–H groups in total. The molecule has 0 unspecified atom stereocenters. The van der Waals surface area contributed by atoms with Crippen molar-refractivity contribution >= 4 is 12.2 Å². The number of ether oxygens (including phenoxy) is 1. The summed E-state index contributed by atoms with van der Waals surface area (Å²) < 4.78 is 5.75. The van der Waals surface area contributed by atoms with Gasteiger partial charge in [-0.05, 0) is 17.7 Å². The van der Waals surface area contributed by atoms with Gasteiger partial charge in [0.05, 0.1) is 6.21 Å². The van der Waals surface area contributed by atoms with Crippen molar-refractivity contribution in [3.8, 4) is 5.75 Å². The quantitative estimate of drug-likeness (QED) is 0.645. The highest BCUT2D eigenvalue weighted by Crippen LogP contribution is 2.17. The molecule has 102 valence electrons. The molecule has 2 amide bonds. The fourth-order valence-corrected chi connectivity index (χ4v) is 1.62. The Labute approximate surface area is 117 Å². The Morgan fingerprint density at radius 2 is 1.85 bits per heavy atom. The van der Waals surface area contributed by atoms with Gasteiger partial charge in [0, 0.05) is 5.56 Å². The average Bonchev–Trinajstić information content (AvgIpc) is 2.47. The highest BCUT2D eigenvalue weighted by Gasteiger charge is 2.01. The van der Waals surface area contributed by atoms with Crippen LogP contribution in [-0.4, -0.2) is 12.2 Å². The minimum Gasteiger partial charge on any atom is -0.488 e. The van der Waals surface area contributed by atoms with E-state index >= 15 is 0 Å². The lowest BCUT2D eigenvalue weighted by Gasteiger charge is -2.08. The van der Waals surface area contributed by atoms with E-state index in [1.807, 2.05) is 54.6 Å². The number of primary amides is 1. The number of rotatable bonds is 5. The van der Waals surface area contributed by atoms with Crippen LogP contribution in [0.1, 0.15) is 11.1 Å². The molecule has 2 rings (SSSR count). The van der Waals surface area contributed by atoms with E-state index in [-0.39, 0.29) is 0 Å². The zero-order valence-electron chi connectivity index (χ0n) is 10.8. The van der Waals surface area contributed by atoms with Gasteiger partial charge in [-0.2, -0.15) is 5.10 Å². The Hall–Kier alpha value is -2.82. The molecule has 0 bridgehead atoms. The number of carbonyl (C=O) groups is 1. The van der Waals surface area contributed by atoms with Crippen LogP contribution in [0.25, 0.3) is 0 Å². The highest BCUT2D eigenvalue weighted by atomic mass is 16.5. The number of benzene rings is 2. The molecule has 2 aromatic carbocycles. The van der Waals surface area contributed by atoms with Crippen LogP contribution in [0.2, 0.25) is 0 Å². The van der Waals surface area contributed by atoms with Gasteiger partial charge >= 0.3 is 6.03 Å². The van der Waals surface area contributed by atoms with Gasteiger partial charge in [0.15, 0.2) is 0 Å². The third-order valence-corrected chi connectivity index (χ3v) is 2.53. The molecule has 0 aliphatic heterocycles. The second kappa shape index (κ2) is 6.94. The first-order valence-electron chi connectivity index (χ1n) is 6.10. The third kappa shape index (κ3) is 4.13. The molecule has 0 saturated carbocycles. The molecule has 0 heterocycles. The summed E-state index contributed by atoms with van der Waals surface area (Å²) in [4.78, 5) is 10.6. The van der Waals surface area contributed by atoms with Crippen molar-refractivity contribution in [1.82, 2.24) is 5.43 Å². The summed E-state index contributed by atoms with van der Waals surface area (Å²) in [5, 5.41) is 3.73. The second-order valence-electron chi connectivity index (χ2n) is 4.05. The number of para-hydroxylation sites is 1. The summed E-state index contributed by atoms with van der Waals surface area (Å²) in [5.41, 5.74) is 8.92. The number of nitrogens with zero attached hydrogens (tertiary/aromatic N) is 1. The normalized spacial score (nSPS) is 10.4. The first-order valence-corrected chi connectivity index (χ1v) is 6.10. The molecular formula is C15H15N3O2. The largest absolute Gasteiger partial charge is 0.488 e. The Kier molecular flexibility index (Phi) is 4.72. The van der Waals surface area contributed by atoms with Crippen LogP contribution in [0.4, 0.5) is 4.79 Å². The van der Waals surface area contributed by atoms with E-state index in [2.05, 4.69) is 10.5 Å². The van der Waals surface area contributed by atoms with E-state index in [9.17, 15) is 4.79 Å². The maximum Gasteiger partial charge on any atom is 0.332 e. The van der Waals surface area contributed by atoms with E-state index < -0.39 is 6.03 Å². The molecule has 5 heteroatoms. The van der Waals surface area contributed by atoms with E-state index in [0.29, 0.717) is 12.4 Å². The van der Waals surface area contributed by atoms with Gasteiger partial charge in [0.25, 0.3) is 0 Å². The van der Waals surface area contributed by atoms with Crippen molar-refractivity contribution in [2.45, 2.75) is 6.61 Å². The number of nitrogens with two attached hydrogens (primary N) is 1. The van der Waals surface area contributed by atoms with E-state index in [4.69, 9.17) is 10.5 Å². The predicted octanol–water partition coefficient (Wildman–Crippen LogP) is 2.27. The SMILES string of the molecule is NC(=O)N/N=C\c1ccccc1OCc1ccccc1. The molecule has 0 saturated heterocycles. The number of carbonyl (C=O) groups excluding carboxylic acids is 1. The number of hydrogen-bond acceptors (Lipinski definition) is 3. The molecule has 0 atom stereocenters. The summed E-state index contributed by atoms with van der Waals surface area (Å²) in [7, 11) is 0. The molecule has 2 aromatic rings. The van der Waals surface area contributed by atoms with Gasteiger partial charge in [-0.15, -0.1) is 0 Å². The topological polar surface area (TPSA) is 76.7 Å². The Balaban J connectivity index is 2.04. The lowest BCUT2D eigenvalue weighted by atomic mass is 10.2. The minimum absolute atomic E-state index is 0.467. The van der Waals surface area contributed by atoms with Crippen LogP contribution in [0.3, 0.4) is 0 Å². The van der Waals surface area contributed by atoms with Crippen molar-refractivity contribution in [2.24, 2.45) is 10.8 Å². The van der Waals surface area contributed by atoms with Crippen molar-refractivity contribution < 1.29 is 9.53 Å². The smallest absolute Gasteiger partial charge is 0.332 e. The number of hydrazone groups is 1.